The van der Waals surface area contributed by atoms with Crippen molar-refractivity contribution < 1.29 is 9.90 Å². The molecule has 0 aliphatic rings. The predicted octanol–water partition coefficient (Wildman–Crippen LogP) is 2.79. The Labute approximate surface area is 75.9 Å². The van der Waals surface area contributed by atoms with Gasteiger partial charge < -0.3 is 5.11 Å². The van der Waals surface area contributed by atoms with Crippen LogP contribution in [0.1, 0.15) is 35.0 Å². The van der Waals surface area contributed by atoms with Gasteiger partial charge in [-0.25, -0.2) is 4.79 Å². The number of rotatable bonds is 4. The minimum Gasteiger partial charge on any atom is -0.477 e. The van der Waals surface area contributed by atoms with Crippen LogP contribution in [0.4, 0.5) is 0 Å². The topological polar surface area (TPSA) is 37.3 Å². The lowest BCUT2D eigenvalue weighted by atomic mass is 10.1. The normalized spacial score (nSPS) is 10.1. The van der Waals surface area contributed by atoms with E-state index in [-0.39, 0.29) is 0 Å². The molecule has 0 fully saturated rings. The number of unbranched alkanes of at least 4 members (excludes halogenated alkanes) is 1. The van der Waals surface area contributed by atoms with Crippen molar-refractivity contribution in [1.29, 1.82) is 0 Å². The van der Waals surface area contributed by atoms with Crippen LogP contribution in [-0.4, -0.2) is 11.1 Å². The third kappa shape index (κ3) is 2.08. The molecule has 2 nitrogen and oxygen atoms in total. The molecule has 0 bridgehead atoms. The van der Waals surface area contributed by atoms with Gasteiger partial charge in [0.25, 0.3) is 0 Å². The summed E-state index contributed by atoms with van der Waals surface area (Å²) in [6, 6.07) is 1.91. The maximum Gasteiger partial charge on any atom is 0.346 e. The summed E-state index contributed by atoms with van der Waals surface area (Å²) in [5, 5.41) is 10.6. The zero-order chi connectivity index (χ0) is 8.97. The summed E-state index contributed by atoms with van der Waals surface area (Å²) in [6.07, 6.45) is 3.06. The molecule has 0 saturated carbocycles. The molecule has 12 heavy (non-hydrogen) atoms. The molecule has 1 aromatic heterocycles. The molecule has 66 valence electrons. The summed E-state index contributed by atoms with van der Waals surface area (Å²) in [6.45, 7) is 2.10. The minimum atomic E-state index is -0.795. The molecule has 0 saturated heterocycles. The summed E-state index contributed by atoms with van der Waals surface area (Å²) in [7, 11) is 0. The van der Waals surface area contributed by atoms with Gasteiger partial charge in [0.15, 0.2) is 0 Å². The third-order valence-corrected chi connectivity index (χ3v) is 2.69. The first kappa shape index (κ1) is 9.26. The van der Waals surface area contributed by atoms with Crippen LogP contribution in [0.2, 0.25) is 0 Å². The minimum absolute atomic E-state index is 0.503. The average Bonchev–Trinajstić information content (AvgIpc) is 2.48. The van der Waals surface area contributed by atoms with Crippen LogP contribution < -0.4 is 0 Å². The van der Waals surface area contributed by atoms with Gasteiger partial charge >= 0.3 is 5.97 Å². The lowest BCUT2D eigenvalue weighted by Crippen LogP contribution is -1.97. The standard InChI is InChI=1S/C9H12O2S/c1-2-3-4-7-5-6-12-8(7)9(10)11/h5-6H,2-4H2,1H3,(H,10,11). The smallest absolute Gasteiger partial charge is 0.346 e. The van der Waals surface area contributed by atoms with Crippen molar-refractivity contribution in [3.05, 3.63) is 21.9 Å². The van der Waals surface area contributed by atoms with E-state index in [1.54, 1.807) is 0 Å². The van der Waals surface area contributed by atoms with Crippen LogP contribution in [-0.2, 0) is 6.42 Å². The Hall–Kier alpha value is -0.830. The van der Waals surface area contributed by atoms with Crippen molar-refractivity contribution in [2.45, 2.75) is 26.2 Å². The lowest BCUT2D eigenvalue weighted by molar-refractivity contribution is 0.0701. The first-order chi connectivity index (χ1) is 5.75. The molecule has 1 heterocycles. The molecule has 1 rings (SSSR count). The Bertz CT molecular complexity index is 265. The van der Waals surface area contributed by atoms with Gasteiger partial charge in [-0.1, -0.05) is 13.3 Å². The average molecular weight is 184 g/mol. The van der Waals surface area contributed by atoms with Gasteiger partial charge in [0.1, 0.15) is 4.88 Å². The first-order valence-corrected chi connectivity index (χ1v) is 4.93. The van der Waals surface area contributed by atoms with Crippen LogP contribution in [0.15, 0.2) is 11.4 Å². The molecule has 0 aliphatic carbocycles. The van der Waals surface area contributed by atoms with Crippen LogP contribution >= 0.6 is 11.3 Å². The highest BCUT2D eigenvalue weighted by Crippen LogP contribution is 2.18. The second kappa shape index (κ2) is 4.26. The molecular formula is C9H12O2S. The zero-order valence-electron chi connectivity index (χ0n) is 7.04. The van der Waals surface area contributed by atoms with E-state index in [1.165, 1.54) is 11.3 Å². The van der Waals surface area contributed by atoms with Crippen molar-refractivity contribution >= 4 is 17.3 Å². The molecule has 0 atom stereocenters. The summed E-state index contributed by atoms with van der Waals surface area (Å²) < 4.78 is 0. The Morgan fingerprint density at radius 2 is 2.42 bits per heavy atom. The number of aromatic carboxylic acids is 1. The van der Waals surface area contributed by atoms with Crippen molar-refractivity contribution in [2.24, 2.45) is 0 Å². The molecule has 0 aromatic carbocycles. The first-order valence-electron chi connectivity index (χ1n) is 4.05. The monoisotopic (exact) mass is 184 g/mol. The highest BCUT2D eigenvalue weighted by atomic mass is 32.1. The van der Waals surface area contributed by atoms with Gasteiger partial charge in [0, 0.05) is 0 Å². The number of aryl methyl sites for hydroxylation is 1. The molecule has 0 amide bonds. The number of carbonyl (C=O) groups is 1. The van der Waals surface area contributed by atoms with Crippen LogP contribution in [0.3, 0.4) is 0 Å². The van der Waals surface area contributed by atoms with Gasteiger partial charge in [0.05, 0.1) is 0 Å². The van der Waals surface area contributed by atoms with Crippen LogP contribution in [0, 0.1) is 0 Å². The molecule has 1 aromatic rings. The number of carboxylic acid groups (broad SMARTS) is 1. The van der Waals surface area contributed by atoms with E-state index in [0.717, 1.165) is 24.8 Å². The van der Waals surface area contributed by atoms with Crippen molar-refractivity contribution in [1.82, 2.24) is 0 Å². The molecule has 0 spiro atoms. The molecule has 0 unspecified atom stereocenters. The Morgan fingerprint density at radius 3 is 3.00 bits per heavy atom. The molecule has 0 aliphatic heterocycles. The second-order valence-electron chi connectivity index (χ2n) is 2.68. The summed E-state index contributed by atoms with van der Waals surface area (Å²) >= 11 is 1.31. The van der Waals surface area contributed by atoms with Gasteiger partial charge in [-0.2, -0.15) is 0 Å². The Morgan fingerprint density at radius 1 is 1.67 bits per heavy atom. The fraction of sp³-hybridized carbons (Fsp3) is 0.444. The summed E-state index contributed by atoms with van der Waals surface area (Å²) in [5.41, 5.74) is 0.981. The lowest BCUT2D eigenvalue weighted by Gasteiger charge is -1.96. The molecule has 3 heteroatoms. The highest BCUT2D eigenvalue weighted by molar-refractivity contribution is 7.12. The van der Waals surface area contributed by atoms with Crippen molar-refractivity contribution in [2.75, 3.05) is 0 Å². The quantitative estimate of drug-likeness (QED) is 0.781. The SMILES string of the molecule is CCCCc1ccsc1C(=O)O. The van der Waals surface area contributed by atoms with Crippen molar-refractivity contribution in [3.63, 3.8) is 0 Å². The third-order valence-electron chi connectivity index (χ3n) is 1.74. The number of thiophene rings is 1. The number of carboxylic acids is 1. The fourth-order valence-electron chi connectivity index (χ4n) is 1.09. The zero-order valence-corrected chi connectivity index (χ0v) is 7.86. The highest BCUT2D eigenvalue weighted by Gasteiger charge is 2.09. The van der Waals surface area contributed by atoms with E-state index < -0.39 is 5.97 Å². The number of hydrogen-bond acceptors (Lipinski definition) is 2. The van der Waals surface area contributed by atoms with E-state index >= 15 is 0 Å². The van der Waals surface area contributed by atoms with Gasteiger partial charge in [-0.15, -0.1) is 11.3 Å². The number of hydrogen-bond donors (Lipinski definition) is 1. The predicted molar refractivity (Wildman–Crippen MR) is 49.9 cm³/mol. The van der Waals surface area contributed by atoms with E-state index in [9.17, 15) is 4.79 Å². The molecule has 0 radical (unpaired) electrons. The van der Waals surface area contributed by atoms with E-state index in [2.05, 4.69) is 6.92 Å². The maximum atomic E-state index is 10.7. The fourth-order valence-corrected chi connectivity index (χ4v) is 1.88. The van der Waals surface area contributed by atoms with Gasteiger partial charge in [0.2, 0.25) is 0 Å². The van der Waals surface area contributed by atoms with Gasteiger partial charge in [-0.3, -0.25) is 0 Å². The van der Waals surface area contributed by atoms with E-state index in [1.807, 2.05) is 11.4 Å². The Kier molecular flexibility index (Phi) is 3.29. The summed E-state index contributed by atoms with van der Waals surface area (Å²) in [5.74, 6) is -0.795. The second-order valence-corrected chi connectivity index (χ2v) is 3.60. The molecule has 1 N–H and O–H groups in total. The van der Waals surface area contributed by atoms with Gasteiger partial charge in [-0.05, 0) is 29.9 Å². The van der Waals surface area contributed by atoms with Crippen LogP contribution in [0.25, 0.3) is 0 Å². The Balaban J connectivity index is 2.70. The maximum absolute atomic E-state index is 10.7. The van der Waals surface area contributed by atoms with E-state index in [4.69, 9.17) is 5.11 Å². The largest absolute Gasteiger partial charge is 0.477 e. The van der Waals surface area contributed by atoms with E-state index in [0.29, 0.717) is 4.88 Å². The van der Waals surface area contributed by atoms with Crippen molar-refractivity contribution in [3.8, 4) is 0 Å². The van der Waals surface area contributed by atoms with Crippen LogP contribution in [0.5, 0.6) is 0 Å². The summed E-state index contributed by atoms with van der Waals surface area (Å²) in [4.78, 5) is 11.2. The molecular weight excluding hydrogens is 172 g/mol.